The first-order chi connectivity index (χ1) is 8.29. The third kappa shape index (κ3) is 4.76. The first-order valence-electron chi connectivity index (χ1n) is 5.77. The molecule has 0 saturated carbocycles. The molecule has 3 nitrogen and oxygen atoms in total. The Morgan fingerprint density at radius 2 is 2.29 bits per heavy atom. The first-order valence-corrected chi connectivity index (χ1v) is 6.56. The van der Waals surface area contributed by atoms with E-state index in [2.05, 4.69) is 34.2 Å². The van der Waals surface area contributed by atoms with Crippen LogP contribution in [0.5, 0.6) is 5.75 Å². The molecule has 92 valence electrons. The van der Waals surface area contributed by atoms with Crippen molar-refractivity contribution in [1.82, 2.24) is 5.32 Å². The van der Waals surface area contributed by atoms with E-state index in [4.69, 9.17) is 10.00 Å². The van der Waals surface area contributed by atoms with Crippen molar-refractivity contribution in [2.24, 2.45) is 0 Å². The zero-order valence-electron chi connectivity index (χ0n) is 10.0. The Morgan fingerprint density at radius 1 is 1.47 bits per heavy atom. The van der Waals surface area contributed by atoms with Gasteiger partial charge in [0.15, 0.2) is 0 Å². The average molecular weight is 297 g/mol. The van der Waals surface area contributed by atoms with Crippen LogP contribution in [0.1, 0.15) is 25.3 Å². The number of nitrogens with one attached hydrogen (secondary N) is 1. The summed E-state index contributed by atoms with van der Waals surface area (Å²) in [5, 5.41) is 11.7. The zero-order chi connectivity index (χ0) is 12.5. The van der Waals surface area contributed by atoms with Crippen molar-refractivity contribution in [3.8, 4) is 11.8 Å². The van der Waals surface area contributed by atoms with Crippen LogP contribution in [0, 0.1) is 11.3 Å². The van der Waals surface area contributed by atoms with E-state index in [1.165, 1.54) is 0 Å². The van der Waals surface area contributed by atoms with Gasteiger partial charge in [0.05, 0.1) is 17.1 Å². The molecule has 1 rings (SSSR count). The van der Waals surface area contributed by atoms with Crippen molar-refractivity contribution in [1.29, 1.82) is 5.26 Å². The number of hydrogen-bond acceptors (Lipinski definition) is 3. The number of benzene rings is 1. The summed E-state index contributed by atoms with van der Waals surface area (Å²) in [6.45, 7) is 4.38. The second-order valence-corrected chi connectivity index (χ2v) is 4.47. The predicted molar refractivity (Wildman–Crippen MR) is 71.9 cm³/mol. The summed E-state index contributed by atoms with van der Waals surface area (Å²) >= 11 is 3.49. The van der Waals surface area contributed by atoms with E-state index in [1.54, 1.807) is 0 Å². The second-order valence-electron chi connectivity index (χ2n) is 3.62. The molecule has 1 aromatic carbocycles. The molecule has 0 saturated heterocycles. The van der Waals surface area contributed by atoms with Gasteiger partial charge in [0.2, 0.25) is 0 Å². The summed E-state index contributed by atoms with van der Waals surface area (Å²) in [5.74, 6) is 0.881. The maximum atomic E-state index is 8.46. The maximum absolute atomic E-state index is 8.46. The molecule has 0 amide bonds. The van der Waals surface area contributed by atoms with E-state index in [-0.39, 0.29) is 0 Å². The van der Waals surface area contributed by atoms with Gasteiger partial charge in [0.25, 0.3) is 0 Å². The molecule has 17 heavy (non-hydrogen) atoms. The topological polar surface area (TPSA) is 45.0 Å². The fraction of sp³-hybridized carbons (Fsp3) is 0.462. The summed E-state index contributed by atoms with van der Waals surface area (Å²) in [4.78, 5) is 0. The molecule has 0 radical (unpaired) electrons. The highest BCUT2D eigenvalue weighted by Crippen LogP contribution is 2.29. The van der Waals surface area contributed by atoms with Gasteiger partial charge in [0.1, 0.15) is 5.75 Å². The van der Waals surface area contributed by atoms with Gasteiger partial charge in [-0.3, -0.25) is 0 Å². The molecule has 0 spiro atoms. The zero-order valence-corrected chi connectivity index (χ0v) is 11.6. The van der Waals surface area contributed by atoms with Gasteiger partial charge in [-0.2, -0.15) is 5.26 Å². The van der Waals surface area contributed by atoms with Crippen LogP contribution in [0.4, 0.5) is 0 Å². The minimum Gasteiger partial charge on any atom is -0.492 e. The third-order valence-electron chi connectivity index (χ3n) is 2.29. The molecule has 0 aliphatic heterocycles. The molecule has 1 aromatic rings. The lowest BCUT2D eigenvalue weighted by molar-refractivity contribution is 0.307. The Kier molecular flexibility index (Phi) is 6.68. The van der Waals surface area contributed by atoms with E-state index in [0.29, 0.717) is 13.0 Å². The first kappa shape index (κ1) is 14.0. The van der Waals surface area contributed by atoms with E-state index < -0.39 is 0 Å². The van der Waals surface area contributed by atoms with E-state index in [0.717, 1.165) is 35.3 Å². The van der Waals surface area contributed by atoms with Crippen LogP contribution in [0.25, 0.3) is 0 Å². The molecule has 0 atom stereocenters. The molecule has 0 heterocycles. The Morgan fingerprint density at radius 3 is 3.00 bits per heavy atom. The lowest BCUT2D eigenvalue weighted by Gasteiger charge is -2.13. The highest BCUT2D eigenvalue weighted by atomic mass is 79.9. The highest BCUT2D eigenvalue weighted by Gasteiger charge is 2.07. The summed E-state index contributed by atoms with van der Waals surface area (Å²) in [7, 11) is 0. The molecule has 0 aliphatic carbocycles. The molecular formula is C13H17BrN2O. The van der Waals surface area contributed by atoms with Crippen LogP contribution >= 0.6 is 15.9 Å². The molecule has 0 aliphatic rings. The van der Waals surface area contributed by atoms with E-state index in [9.17, 15) is 0 Å². The molecule has 0 aromatic heterocycles. The SMILES string of the molecule is CCNCc1cccc(Br)c1OCCCC#N. The number of nitriles is 1. The van der Waals surface area contributed by atoms with Crippen LogP contribution in [-0.4, -0.2) is 13.2 Å². The van der Waals surface area contributed by atoms with Gasteiger partial charge in [-0.1, -0.05) is 19.1 Å². The smallest absolute Gasteiger partial charge is 0.137 e. The Hall–Kier alpha value is -1.05. The number of ether oxygens (including phenoxy) is 1. The number of hydrogen-bond donors (Lipinski definition) is 1. The van der Waals surface area contributed by atoms with Gasteiger partial charge in [0, 0.05) is 18.5 Å². The van der Waals surface area contributed by atoms with Crippen LogP contribution in [0.3, 0.4) is 0 Å². The van der Waals surface area contributed by atoms with Crippen molar-refractivity contribution >= 4 is 15.9 Å². The fourth-order valence-electron chi connectivity index (χ4n) is 1.44. The Balaban J connectivity index is 2.63. The second kappa shape index (κ2) is 8.10. The number of rotatable bonds is 7. The lowest BCUT2D eigenvalue weighted by Crippen LogP contribution is -2.13. The number of halogens is 1. The quantitative estimate of drug-likeness (QED) is 0.786. The minimum atomic E-state index is 0.535. The average Bonchev–Trinajstić information content (AvgIpc) is 2.34. The van der Waals surface area contributed by atoms with Crippen LogP contribution in [0.15, 0.2) is 22.7 Å². The van der Waals surface area contributed by atoms with Gasteiger partial charge in [-0.05, 0) is 35.0 Å². The largest absolute Gasteiger partial charge is 0.492 e. The Labute approximate surface area is 111 Å². The molecular weight excluding hydrogens is 280 g/mol. The summed E-state index contributed by atoms with van der Waals surface area (Å²) < 4.78 is 6.69. The normalized spacial score (nSPS) is 9.94. The minimum absolute atomic E-state index is 0.535. The van der Waals surface area contributed by atoms with Crippen molar-refractivity contribution in [3.05, 3.63) is 28.2 Å². The molecule has 1 N–H and O–H groups in total. The summed E-state index contributed by atoms with van der Waals surface area (Å²) in [6.07, 6.45) is 1.30. The number of unbranched alkanes of at least 4 members (excludes halogenated alkanes) is 1. The monoisotopic (exact) mass is 296 g/mol. The van der Waals surface area contributed by atoms with Crippen molar-refractivity contribution in [2.45, 2.75) is 26.3 Å². The standard InChI is InChI=1S/C13H17BrN2O/c1-2-16-10-11-6-5-7-12(14)13(11)17-9-4-3-8-15/h5-7,16H,2-4,9-10H2,1H3. The van der Waals surface area contributed by atoms with Gasteiger partial charge < -0.3 is 10.1 Å². The van der Waals surface area contributed by atoms with Crippen molar-refractivity contribution < 1.29 is 4.74 Å². The van der Waals surface area contributed by atoms with Crippen LogP contribution in [0.2, 0.25) is 0 Å². The maximum Gasteiger partial charge on any atom is 0.137 e. The van der Waals surface area contributed by atoms with Crippen LogP contribution < -0.4 is 10.1 Å². The van der Waals surface area contributed by atoms with Gasteiger partial charge >= 0.3 is 0 Å². The van der Waals surface area contributed by atoms with E-state index in [1.807, 2.05) is 18.2 Å². The lowest BCUT2D eigenvalue weighted by atomic mass is 10.2. The van der Waals surface area contributed by atoms with Gasteiger partial charge in [-0.25, -0.2) is 0 Å². The Bertz CT molecular complexity index is 387. The number of para-hydroxylation sites is 1. The van der Waals surface area contributed by atoms with E-state index >= 15 is 0 Å². The molecule has 0 bridgehead atoms. The highest BCUT2D eigenvalue weighted by molar-refractivity contribution is 9.10. The number of nitrogens with zero attached hydrogens (tertiary/aromatic N) is 1. The van der Waals surface area contributed by atoms with Crippen molar-refractivity contribution in [3.63, 3.8) is 0 Å². The molecule has 4 heteroatoms. The predicted octanol–water partition coefficient (Wildman–Crippen LogP) is 3.24. The molecule has 0 unspecified atom stereocenters. The van der Waals surface area contributed by atoms with Gasteiger partial charge in [-0.15, -0.1) is 0 Å². The molecule has 0 fully saturated rings. The van der Waals surface area contributed by atoms with Crippen molar-refractivity contribution in [2.75, 3.05) is 13.2 Å². The third-order valence-corrected chi connectivity index (χ3v) is 2.92. The van der Waals surface area contributed by atoms with Crippen LogP contribution in [-0.2, 0) is 6.54 Å². The fourth-order valence-corrected chi connectivity index (χ4v) is 1.96. The summed E-state index contributed by atoms with van der Waals surface area (Å²) in [5.41, 5.74) is 1.14. The summed E-state index contributed by atoms with van der Waals surface area (Å²) in [6, 6.07) is 8.13.